The van der Waals surface area contributed by atoms with Crippen LogP contribution < -0.4 is 10.6 Å². The van der Waals surface area contributed by atoms with Crippen molar-refractivity contribution in [2.45, 2.75) is 45.2 Å². The van der Waals surface area contributed by atoms with Gasteiger partial charge < -0.3 is 15.4 Å². The van der Waals surface area contributed by atoms with Crippen molar-refractivity contribution in [3.8, 4) is 0 Å². The van der Waals surface area contributed by atoms with Gasteiger partial charge in [-0.3, -0.25) is 0 Å². The molecule has 1 saturated carbocycles. The molecule has 0 radical (unpaired) electrons. The van der Waals surface area contributed by atoms with Gasteiger partial charge in [-0.25, -0.2) is 9.59 Å². The van der Waals surface area contributed by atoms with Gasteiger partial charge in [0, 0.05) is 11.6 Å². The van der Waals surface area contributed by atoms with Crippen LogP contribution in [-0.2, 0) is 4.74 Å². The van der Waals surface area contributed by atoms with Crippen LogP contribution in [0.15, 0.2) is 0 Å². The number of carbonyl (C=O) groups excluding carboxylic acids is 2. The molecule has 0 aliphatic heterocycles. The summed E-state index contributed by atoms with van der Waals surface area (Å²) in [5.41, 5.74) is -0.392. The molecule has 2 amide bonds. The van der Waals surface area contributed by atoms with Crippen LogP contribution in [0.25, 0.3) is 0 Å². The predicted molar refractivity (Wildman–Crippen MR) is 50.9 cm³/mol. The van der Waals surface area contributed by atoms with Gasteiger partial charge in [0.05, 0.1) is 0 Å². The van der Waals surface area contributed by atoms with E-state index in [0.29, 0.717) is 0 Å². The molecule has 0 unspecified atom stereocenters. The summed E-state index contributed by atoms with van der Waals surface area (Å²) in [6.45, 7) is 5.44. The molecule has 0 heterocycles. The van der Waals surface area contributed by atoms with E-state index in [4.69, 9.17) is 0 Å². The minimum Gasteiger partial charge on any atom is -0.359 e. The van der Waals surface area contributed by atoms with E-state index in [-0.39, 0.29) is 6.04 Å². The van der Waals surface area contributed by atoms with Crippen molar-refractivity contribution in [3.05, 3.63) is 0 Å². The maximum Gasteiger partial charge on any atom is 0.416 e. The van der Waals surface area contributed by atoms with E-state index in [0.717, 1.165) is 12.8 Å². The lowest BCUT2D eigenvalue weighted by molar-refractivity contribution is 0.144. The Hall–Kier alpha value is -1.26. The Kier molecular flexibility index (Phi) is 2.98. The van der Waals surface area contributed by atoms with E-state index in [9.17, 15) is 9.59 Å². The van der Waals surface area contributed by atoms with Crippen molar-refractivity contribution in [2.24, 2.45) is 0 Å². The maximum atomic E-state index is 11.1. The maximum absolute atomic E-state index is 11.1. The molecule has 0 bridgehead atoms. The van der Waals surface area contributed by atoms with Gasteiger partial charge in [0.1, 0.15) is 0 Å². The van der Waals surface area contributed by atoms with E-state index >= 15 is 0 Å². The van der Waals surface area contributed by atoms with E-state index < -0.39 is 17.7 Å². The van der Waals surface area contributed by atoms with Gasteiger partial charge in [-0.05, 0) is 33.6 Å². The highest BCUT2D eigenvalue weighted by atomic mass is 16.6. The second-order valence-electron chi connectivity index (χ2n) is 4.47. The molecule has 5 nitrogen and oxygen atoms in total. The highest BCUT2D eigenvalue weighted by molar-refractivity contribution is 5.84. The third-order valence-corrected chi connectivity index (χ3v) is 1.56. The molecule has 2 N–H and O–H groups in total. The molecule has 1 rings (SSSR count). The number of alkyl carbamates (subject to hydrolysis) is 2. The Balaban J connectivity index is 2.21. The summed E-state index contributed by atoms with van der Waals surface area (Å²) in [6.07, 6.45) is 0.552. The summed E-state index contributed by atoms with van der Waals surface area (Å²) in [5.74, 6) is 0. The number of ether oxygens (including phenoxy) is 1. The Labute approximate surface area is 83.2 Å². The molecule has 14 heavy (non-hydrogen) atoms. The average Bonchev–Trinajstić information content (AvgIpc) is 2.64. The number of hydrogen-bond donors (Lipinski definition) is 2. The van der Waals surface area contributed by atoms with Gasteiger partial charge in [0.15, 0.2) is 0 Å². The highest BCUT2D eigenvalue weighted by Gasteiger charge is 2.25. The van der Waals surface area contributed by atoms with Crippen LogP contribution in [0.2, 0.25) is 0 Å². The zero-order valence-electron chi connectivity index (χ0n) is 8.72. The van der Waals surface area contributed by atoms with E-state index in [1.807, 2.05) is 20.8 Å². The first-order chi connectivity index (χ1) is 6.37. The van der Waals surface area contributed by atoms with Crippen LogP contribution in [0.1, 0.15) is 33.6 Å². The SMILES string of the molecule is CC(C)(C)NC(=O)OC(=O)NC1CC1. The monoisotopic (exact) mass is 200 g/mol. The van der Waals surface area contributed by atoms with Crippen molar-refractivity contribution in [2.75, 3.05) is 0 Å². The fraction of sp³-hybridized carbons (Fsp3) is 0.778. The molecule has 1 aliphatic carbocycles. The summed E-state index contributed by atoms with van der Waals surface area (Å²) in [6, 6.07) is 0.199. The zero-order valence-corrected chi connectivity index (χ0v) is 8.72. The topological polar surface area (TPSA) is 67.4 Å². The number of nitrogens with one attached hydrogen (secondary N) is 2. The lowest BCUT2D eigenvalue weighted by Crippen LogP contribution is -2.43. The van der Waals surface area contributed by atoms with Gasteiger partial charge in [-0.1, -0.05) is 0 Å². The van der Waals surface area contributed by atoms with Crippen LogP contribution >= 0.6 is 0 Å². The molecular formula is C9H16N2O3. The Bertz CT molecular complexity index is 241. The Morgan fingerprint density at radius 3 is 2.21 bits per heavy atom. The normalized spacial score (nSPS) is 15.9. The molecular weight excluding hydrogens is 184 g/mol. The summed E-state index contributed by atoms with van der Waals surface area (Å²) in [7, 11) is 0. The predicted octanol–water partition coefficient (Wildman–Crippen LogP) is 1.38. The molecule has 0 aromatic heterocycles. The van der Waals surface area contributed by atoms with Crippen LogP contribution in [0, 0.1) is 0 Å². The molecule has 1 fully saturated rings. The van der Waals surface area contributed by atoms with Crippen molar-refractivity contribution in [1.29, 1.82) is 0 Å². The fourth-order valence-corrected chi connectivity index (χ4v) is 0.840. The third kappa shape index (κ3) is 4.69. The van der Waals surface area contributed by atoms with Crippen LogP contribution in [-0.4, -0.2) is 23.8 Å². The van der Waals surface area contributed by atoms with Gasteiger partial charge in [-0.2, -0.15) is 0 Å². The van der Waals surface area contributed by atoms with Crippen LogP contribution in [0.5, 0.6) is 0 Å². The summed E-state index contributed by atoms with van der Waals surface area (Å²) < 4.78 is 4.48. The van der Waals surface area contributed by atoms with Crippen molar-refractivity contribution in [1.82, 2.24) is 10.6 Å². The van der Waals surface area contributed by atoms with Crippen molar-refractivity contribution >= 4 is 12.2 Å². The van der Waals surface area contributed by atoms with Crippen LogP contribution in [0.4, 0.5) is 9.59 Å². The molecule has 0 spiro atoms. The van der Waals surface area contributed by atoms with Gasteiger partial charge in [-0.15, -0.1) is 0 Å². The summed E-state index contributed by atoms with van der Waals surface area (Å²) in [5, 5.41) is 5.07. The van der Waals surface area contributed by atoms with Gasteiger partial charge >= 0.3 is 12.2 Å². The summed E-state index contributed by atoms with van der Waals surface area (Å²) >= 11 is 0. The van der Waals surface area contributed by atoms with Gasteiger partial charge in [0.2, 0.25) is 0 Å². The second-order valence-corrected chi connectivity index (χ2v) is 4.47. The molecule has 5 heteroatoms. The van der Waals surface area contributed by atoms with Crippen LogP contribution in [0.3, 0.4) is 0 Å². The van der Waals surface area contributed by atoms with Crippen molar-refractivity contribution < 1.29 is 14.3 Å². The minimum atomic E-state index is -0.712. The third-order valence-electron chi connectivity index (χ3n) is 1.56. The standard InChI is InChI=1S/C9H16N2O3/c1-9(2,3)11-8(13)14-7(12)10-6-4-5-6/h6H,4-5H2,1-3H3,(H,10,12)(H,11,13). The Morgan fingerprint density at radius 1 is 1.21 bits per heavy atom. The number of amides is 2. The number of rotatable bonds is 1. The van der Waals surface area contributed by atoms with Crippen molar-refractivity contribution in [3.63, 3.8) is 0 Å². The smallest absolute Gasteiger partial charge is 0.359 e. The first-order valence-electron chi connectivity index (χ1n) is 4.67. The molecule has 1 aliphatic rings. The van der Waals surface area contributed by atoms with Gasteiger partial charge in [0.25, 0.3) is 0 Å². The summed E-state index contributed by atoms with van der Waals surface area (Å²) in [4.78, 5) is 22.1. The lowest BCUT2D eigenvalue weighted by atomic mass is 10.1. The quantitative estimate of drug-likeness (QED) is 0.628. The average molecular weight is 200 g/mol. The minimum absolute atomic E-state index is 0.199. The molecule has 0 aromatic rings. The van der Waals surface area contributed by atoms with E-state index in [1.165, 1.54) is 0 Å². The molecule has 0 saturated heterocycles. The number of hydrogen-bond acceptors (Lipinski definition) is 3. The zero-order chi connectivity index (χ0) is 10.8. The highest BCUT2D eigenvalue weighted by Crippen LogP contribution is 2.18. The first kappa shape index (κ1) is 10.8. The molecule has 0 atom stereocenters. The van der Waals surface area contributed by atoms with E-state index in [2.05, 4.69) is 15.4 Å². The Morgan fingerprint density at radius 2 is 1.79 bits per heavy atom. The second kappa shape index (κ2) is 3.86. The van der Waals surface area contributed by atoms with E-state index in [1.54, 1.807) is 0 Å². The fourth-order valence-electron chi connectivity index (χ4n) is 0.840. The molecule has 80 valence electrons. The molecule has 0 aromatic carbocycles. The largest absolute Gasteiger partial charge is 0.416 e. The number of carbonyl (C=O) groups is 2. The lowest BCUT2D eigenvalue weighted by Gasteiger charge is -2.19. The first-order valence-corrected chi connectivity index (χ1v) is 4.67.